The van der Waals surface area contributed by atoms with Crippen molar-refractivity contribution in [3.63, 3.8) is 0 Å². The van der Waals surface area contributed by atoms with E-state index in [1.165, 1.54) is 0 Å². The van der Waals surface area contributed by atoms with Crippen LogP contribution < -0.4 is 0 Å². The van der Waals surface area contributed by atoms with Crippen molar-refractivity contribution < 1.29 is 18.9 Å². The van der Waals surface area contributed by atoms with Gasteiger partial charge in [-0.1, -0.05) is 0 Å². The minimum absolute atomic E-state index is 0.500. The highest BCUT2D eigenvalue weighted by molar-refractivity contribution is 4.38. The van der Waals surface area contributed by atoms with Crippen LogP contribution in [-0.4, -0.2) is 40.0 Å². The van der Waals surface area contributed by atoms with Gasteiger partial charge in [-0.05, 0) is 19.3 Å². The first kappa shape index (κ1) is 10.9. The number of hydrogen-bond donors (Lipinski definition) is 0. The van der Waals surface area contributed by atoms with Gasteiger partial charge in [-0.25, -0.2) is 0 Å². The number of hydrogen-bond acceptors (Lipinski definition) is 4. The van der Waals surface area contributed by atoms with Crippen molar-refractivity contribution in [3.8, 4) is 0 Å². The molecule has 2 rings (SSSR count). The Morgan fingerprint density at radius 2 is 0.846 bits per heavy atom. The van der Waals surface area contributed by atoms with Crippen LogP contribution in [0.5, 0.6) is 0 Å². The molecule has 2 aliphatic rings. The van der Waals surface area contributed by atoms with E-state index in [2.05, 4.69) is 0 Å². The fourth-order valence-electron chi connectivity index (χ4n) is 1.02. The molecule has 0 radical (unpaired) electrons. The first-order valence-corrected chi connectivity index (χ1v) is 4.81. The average molecular weight is 190 g/mol. The molecule has 0 aromatic carbocycles. The second kappa shape index (κ2) is 8.44. The summed E-state index contributed by atoms with van der Waals surface area (Å²) in [6.07, 6.45) is 3.36. The highest BCUT2D eigenvalue weighted by Crippen LogP contribution is 1.96. The van der Waals surface area contributed by atoms with E-state index in [4.69, 9.17) is 18.9 Å². The van der Waals surface area contributed by atoms with Crippen LogP contribution in [0.1, 0.15) is 19.3 Å². The Labute approximate surface area is 79.1 Å². The maximum absolute atomic E-state index is 4.97. The Hall–Kier alpha value is -0.160. The zero-order chi connectivity index (χ0) is 9.19. The van der Waals surface area contributed by atoms with Crippen LogP contribution in [0.25, 0.3) is 0 Å². The van der Waals surface area contributed by atoms with Crippen LogP contribution >= 0.6 is 0 Å². The van der Waals surface area contributed by atoms with Crippen molar-refractivity contribution in [2.75, 3.05) is 40.0 Å². The van der Waals surface area contributed by atoms with E-state index in [1.54, 1.807) is 0 Å². The lowest BCUT2D eigenvalue weighted by Crippen LogP contribution is -2.11. The zero-order valence-electron chi connectivity index (χ0n) is 8.00. The van der Waals surface area contributed by atoms with Crippen molar-refractivity contribution in [1.29, 1.82) is 0 Å². The minimum Gasteiger partial charge on any atom is -0.355 e. The molecule has 4 nitrogen and oxygen atoms in total. The molecule has 78 valence electrons. The summed E-state index contributed by atoms with van der Waals surface area (Å²) < 4.78 is 19.6. The summed E-state index contributed by atoms with van der Waals surface area (Å²) in [6.45, 7) is 4.50. The molecule has 0 N–H and O–H groups in total. The summed E-state index contributed by atoms with van der Waals surface area (Å²) in [5.41, 5.74) is 0. The number of ether oxygens (including phenoxy) is 4. The molecule has 0 spiro atoms. The topological polar surface area (TPSA) is 36.9 Å². The second-order valence-corrected chi connectivity index (χ2v) is 2.93. The first-order chi connectivity index (χ1) is 6.50. The molecule has 0 unspecified atom stereocenters. The van der Waals surface area contributed by atoms with Crippen LogP contribution in [0.4, 0.5) is 0 Å². The fourth-order valence-corrected chi connectivity index (χ4v) is 1.02. The fraction of sp³-hybridized carbons (Fsp3) is 1.00. The standard InChI is InChI=1S/C5H10O2.C4H8O2/c1-2-4-7-5-6-3-1;1-2-5-4-6-3-1/h1-5H2;1-4H2. The third kappa shape index (κ3) is 6.95. The van der Waals surface area contributed by atoms with Gasteiger partial charge < -0.3 is 18.9 Å². The Balaban J connectivity index is 0.000000132. The van der Waals surface area contributed by atoms with Gasteiger partial charge in [0, 0.05) is 13.2 Å². The molecular formula is C9H18O4. The van der Waals surface area contributed by atoms with Crippen LogP contribution in [0.15, 0.2) is 0 Å². The van der Waals surface area contributed by atoms with Gasteiger partial charge in [-0.3, -0.25) is 0 Å². The maximum Gasteiger partial charge on any atom is 0.146 e. The van der Waals surface area contributed by atoms with Crippen molar-refractivity contribution in [2.45, 2.75) is 19.3 Å². The van der Waals surface area contributed by atoms with Crippen LogP contribution in [-0.2, 0) is 18.9 Å². The predicted molar refractivity (Wildman–Crippen MR) is 47.4 cm³/mol. The molecule has 2 aliphatic heterocycles. The van der Waals surface area contributed by atoms with Gasteiger partial charge >= 0.3 is 0 Å². The quantitative estimate of drug-likeness (QED) is 0.574. The SMILES string of the molecule is C1CCOCOC1.C1COCOC1. The molecule has 13 heavy (non-hydrogen) atoms. The molecule has 0 aliphatic carbocycles. The van der Waals surface area contributed by atoms with Crippen LogP contribution in [0.3, 0.4) is 0 Å². The van der Waals surface area contributed by atoms with E-state index in [0.717, 1.165) is 45.7 Å². The third-order valence-electron chi connectivity index (χ3n) is 1.74. The van der Waals surface area contributed by atoms with E-state index in [1.807, 2.05) is 0 Å². The maximum atomic E-state index is 4.97. The van der Waals surface area contributed by atoms with Crippen molar-refractivity contribution in [2.24, 2.45) is 0 Å². The Morgan fingerprint density at radius 3 is 1.15 bits per heavy atom. The molecule has 2 heterocycles. The summed E-state index contributed by atoms with van der Waals surface area (Å²) in [5, 5.41) is 0. The van der Waals surface area contributed by atoms with Crippen LogP contribution in [0, 0.1) is 0 Å². The van der Waals surface area contributed by atoms with E-state index in [9.17, 15) is 0 Å². The Kier molecular flexibility index (Phi) is 7.09. The van der Waals surface area contributed by atoms with Gasteiger partial charge in [-0.15, -0.1) is 0 Å². The van der Waals surface area contributed by atoms with Gasteiger partial charge in [0.15, 0.2) is 0 Å². The molecule has 0 saturated carbocycles. The Bertz CT molecular complexity index is 72.6. The van der Waals surface area contributed by atoms with Crippen molar-refractivity contribution in [1.82, 2.24) is 0 Å². The van der Waals surface area contributed by atoms with Crippen molar-refractivity contribution in [3.05, 3.63) is 0 Å². The van der Waals surface area contributed by atoms with Gasteiger partial charge in [0.05, 0.1) is 13.2 Å². The molecular weight excluding hydrogens is 172 g/mol. The lowest BCUT2D eigenvalue weighted by Gasteiger charge is -2.09. The van der Waals surface area contributed by atoms with Gasteiger partial charge in [-0.2, -0.15) is 0 Å². The largest absolute Gasteiger partial charge is 0.355 e. The van der Waals surface area contributed by atoms with Gasteiger partial charge in [0.1, 0.15) is 13.6 Å². The van der Waals surface area contributed by atoms with E-state index >= 15 is 0 Å². The summed E-state index contributed by atoms with van der Waals surface area (Å²) >= 11 is 0. The normalized spacial score (nSPS) is 24.0. The monoisotopic (exact) mass is 190 g/mol. The molecule has 0 amide bonds. The first-order valence-electron chi connectivity index (χ1n) is 4.81. The summed E-state index contributed by atoms with van der Waals surface area (Å²) in [5.74, 6) is 0. The van der Waals surface area contributed by atoms with E-state index in [-0.39, 0.29) is 0 Å². The molecule has 0 aromatic heterocycles. The molecule has 0 atom stereocenters. The Morgan fingerprint density at radius 1 is 0.462 bits per heavy atom. The van der Waals surface area contributed by atoms with Gasteiger partial charge in [0.2, 0.25) is 0 Å². The molecule has 2 fully saturated rings. The minimum atomic E-state index is 0.500. The highest BCUT2D eigenvalue weighted by atomic mass is 16.7. The molecule has 0 aromatic rings. The van der Waals surface area contributed by atoms with Crippen molar-refractivity contribution >= 4 is 0 Å². The molecule has 4 heteroatoms. The van der Waals surface area contributed by atoms with Crippen LogP contribution in [0.2, 0.25) is 0 Å². The number of rotatable bonds is 0. The lowest BCUT2D eigenvalue weighted by atomic mass is 10.3. The summed E-state index contributed by atoms with van der Waals surface area (Å²) in [7, 11) is 0. The van der Waals surface area contributed by atoms with Gasteiger partial charge in [0.25, 0.3) is 0 Å². The highest BCUT2D eigenvalue weighted by Gasteiger charge is 1.95. The predicted octanol–water partition coefficient (Wildman–Crippen LogP) is 1.15. The summed E-state index contributed by atoms with van der Waals surface area (Å²) in [6, 6.07) is 0. The molecule has 0 bridgehead atoms. The summed E-state index contributed by atoms with van der Waals surface area (Å²) in [4.78, 5) is 0. The second-order valence-electron chi connectivity index (χ2n) is 2.93. The zero-order valence-corrected chi connectivity index (χ0v) is 8.00. The van der Waals surface area contributed by atoms with E-state index in [0.29, 0.717) is 13.6 Å². The lowest BCUT2D eigenvalue weighted by molar-refractivity contribution is -0.0963. The third-order valence-corrected chi connectivity index (χ3v) is 1.74. The van der Waals surface area contributed by atoms with E-state index < -0.39 is 0 Å². The molecule has 2 saturated heterocycles. The smallest absolute Gasteiger partial charge is 0.146 e. The average Bonchev–Trinajstić information content (AvgIpc) is 2.53.